The second kappa shape index (κ2) is 10.1. The monoisotopic (exact) mass is 392 g/mol. The molecule has 0 heterocycles. The molecule has 6 nitrogen and oxygen atoms in total. The summed E-state index contributed by atoms with van der Waals surface area (Å²) in [6.07, 6.45) is 0.964. The number of phenolic OH excluding ortho intramolecular Hbond substituents is 1. The first-order valence-electron chi connectivity index (χ1n) is 9.58. The van der Waals surface area contributed by atoms with E-state index in [0.717, 1.165) is 16.5 Å². The molecule has 0 radical (unpaired) electrons. The van der Waals surface area contributed by atoms with Crippen LogP contribution in [-0.4, -0.2) is 36.6 Å². The van der Waals surface area contributed by atoms with E-state index >= 15 is 0 Å². The molecule has 6 heteroatoms. The first-order chi connectivity index (χ1) is 14.1. The molecule has 0 saturated heterocycles. The third-order valence-corrected chi connectivity index (χ3v) is 4.42. The minimum atomic E-state index is -0.247. The Kier molecular flexibility index (Phi) is 7.05. The van der Waals surface area contributed by atoms with Crippen molar-refractivity contribution in [3.63, 3.8) is 0 Å². The lowest BCUT2D eigenvalue weighted by molar-refractivity contribution is -0.121. The van der Waals surface area contributed by atoms with Crippen molar-refractivity contribution < 1.29 is 19.4 Å². The summed E-state index contributed by atoms with van der Waals surface area (Å²) >= 11 is 0. The molecule has 0 unspecified atom stereocenters. The zero-order valence-electron chi connectivity index (χ0n) is 16.1. The molecule has 2 amide bonds. The van der Waals surface area contributed by atoms with Gasteiger partial charge in [0.15, 0.2) is 0 Å². The maximum Gasteiger partial charge on any atom is 0.251 e. The minimum absolute atomic E-state index is 0.0783. The summed E-state index contributed by atoms with van der Waals surface area (Å²) in [5.41, 5.74) is 0.458. The molecule has 0 atom stereocenters. The van der Waals surface area contributed by atoms with E-state index in [9.17, 15) is 14.7 Å². The van der Waals surface area contributed by atoms with E-state index in [2.05, 4.69) is 10.6 Å². The van der Waals surface area contributed by atoms with Crippen molar-refractivity contribution in [2.75, 3.05) is 19.7 Å². The molecule has 3 N–H and O–H groups in total. The van der Waals surface area contributed by atoms with Crippen LogP contribution in [0, 0.1) is 0 Å². The smallest absolute Gasteiger partial charge is 0.251 e. The molecule has 0 spiro atoms. The number of rotatable bonds is 9. The summed E-state index contributed by atoms with van der Waals surface area (Å²) < 4.78 is 5.83. The predicted molar refractivity (Wildman–Crippen MR) is 112 cm³/mol. The van der Waals surface area contributed by atoms with E-state index in [4.69, 9.17) is 4.74 Å². The average molecular weight is 392 g/mol. The normalized spacial score (nSPS) is 10.5. The van der Waals surface area contributed by atoms with Crippen molar-refractivity contribution in [1.82, 2.24) is 10.6 Å². The van der Waals surface area contributed by atoms with Crippen LogP contribution in [0.25, 0.3) is 10.8 Å². The molecule has 0 aromatic heterocycles. The Balaban J connectivity index is 1.31. The van der Waals surface area contributed by atoms with Crippen molar-refractivity contribution in [3.8, 4) is 11.5 Å². The van der Waals surface area contributed by atoms with Crippen molar-refractivity contribution in [1.29, 1.82) is 0 Å². The fraction of sp³-hybridized carbons (Fsp3) is 0.217. The Morgan fingerprint density at radius 1 is 0.862 bits per heavy atom. The van der Waals surface area contributed by atoms with Gasteiger partial charge in [-0.1, -0.05) is 36.4 Å². The van der Waals surface area contributed by atoms with E-state index in [0.29, 0.717) is 38.1 Å². The number of aromatic hydroxyl groups is 1. The summed E-state index contributed by atoms with van der Waals surface area (Å²) in [4.78, 5) is 23.8. The zero-order chi connectivity index (χ0) is 20.5. The summed E-state index contributed by atoms with van der Waals surface area (Å²) in [6.45, 7) is 1.14. The summed E-state index contributed by atoms with van der Waals surface area (Å²) in [6, 6.07) is 19.9. The van der Waals surface area contributed by atoms with Gasteiger partial charge in [0.25, 0.3) is 5.91 Å². The second-order valence-corrected chi connectivity index (χ2v) is 6.58. The Hall–Kier alpha value is -3.54. The van der Waals surface area contributed by atoms with Crippen molar-refractivity contribution >= 4 is 22.6 Å². The van der Waals surface area contributed by atoms with Crippen LogP contribution in [0.5, 0.6) is 11.5 Å². The highest BCUT2D eigenvalue weighted by Crippen LogP contribution is 2.25. The molecule has 3 rings (SSSR count). The van der Waals surface area contributed by atoms with Gasteiger partial charge in [0.05, 0.1) is 6.61 Å². The second-order valence-electron chi connectivity index (χ2n) is 6.58. The Morgan fingerprint density at radius 3 is 2.41 bits per heavy atom. The standard InChI is InChI=1S/C23H24N2O4/c26-19-12-10-18(11-13-19)23(28)25-15-14-24-22(27)9-4-16-29-21-8-3-6-17-5-1-2-7-20(17)21/h1-3,5-8,10-13,26H,4,9,14-16H2,(H,24,27)(H,25,28). The molecule has 3 aromatic rings. The number of benzene rings is 3. The number of hydrogen-bond acceptors (Lipinski definition) is 4. The Morgan fingerprint density at radius 2 is 1.59 bits per heavy atom. The first kappa shape index (κ1) is 20.2. The molecule has 0 bridgehead atoms. The van der Waals surface area contributed by atoms with Gasteiger partial charge in [-0.2, -0.15) is 0 Å². The number of carbonyl (C=O) groups excluding carboxylic acids is 2. The number of amides is 2. The number of fused-ring (bicyclic) bond motifs is 1. The lowest BCUT2D eigenvalue weighted by Gasteiger charge is -2.10. The SMILES string of the molecule is O=C(CCCOc1cccc2ccccc12)NCCNC(=O)c1ccc(O)cc1. The summed E-state index contributed by atoms with van der Waals surface area (Å²) in [5.74, 6) is 0.604. The molecule has 0 aliphatic rings. The molecule has 0 saturated carbocycles. The highest BCUT2D eigenvalue weighted by atomic mass is 16.5. The van der Waals surface area contributed by atoms with Crippen LogP contribution in [0.2, 0.25) is 0 Å². The number of hydrogen-bond donors (Lipinski definition) is 3. The van der Waals surface area contributed by atoms with Gasteiger partial charge >= 0.3 is 0 Å². The first-order valence-corrected chi connectivity index (χ1v) is 9.58. The van der Waals surface area contributed by atoms with Gasteiger partial charge in [-0.05, 0) is 42.1 Å². The minimum Gasteiger partial charge on any atom is -0.508 e. The molecule has 0 fully saturated rings. The van der Waals surface area contributed by atoms with E-state index in [1.54, 1.807) is 12.1 Å². The van der Waals surface area contributed by atoms with E-state index in [1.165, 1.54) is 12.1 Å². The van der Waals surface area contributed by atoms with E-state index in [1.807, 2.05) is 42.5 Å². The maximum absolute atomic E-state index is 11.9. The zero-order valence-corrected chi connectivity index (χ0v) is 16.1. The number of nitrogens with one attached hydrogen (secondary N) is 2. The molecule has 0 aliphatic heterocycles. The van der Waals surface area contributed by atoms with Gasteiger partial charge in [0, 0.05) is 30.5 Å². The van der Waals surface area contributed by atoms with Crippen LogP contribution in [-0.2, 0) is 4.79 Å². The van der Waals surface area contributed by atoms with Gasteiger partial charge in [-0.25, -0.2) is 0 Å². The molecule has 29 heavy (non-hydrogen) atoms. The van der Waals surface area contributed by atoms with Crippen molar-refractivity contribution in [3.05, 3.63) is 72.3 Å². The maximum atomic E-state index is 11.9. The van der Waals surface area contributed by atoms with Gasteiger partial charge in [-0.15, -0.1) is 0 Å². The van der Waals surface area contributed by atoms with Gasteiger partial charge in [0.1, 0.15) is 11.5 Å². The Bertz CT molecular complexity index is 965. The quantitative estimate of drug-likeness (QED) is 0.488. The van der Waals surface area contributed by atoms with Gasteiger partial charge in [0.2, 0.25) is 5.91 Å². The molecular formula is C23H24N2O4. The van der Waals surface area contributed by atoms with Crippen LogP contribution >= 0.6 is 0 Å². The van der Waals surface area contributed by atoms with Gasteiger partial charge < -0.3 is 20.5 Å². The topological polar surface area (TPSA) is 87.7 Å². The van der Waals surface area contributed by atoms with Crippen LogP contribution in [0.4, 0.5) is 0 Å². The highest BCUT2D eigenvalue weighted by molar-refractivity contribution is 5.94. The number of phenols is 1. The molecule has 3 aromatic carbocycles. The van der Waals surface area contributed by atoms with Gasteiger partial charge in [-0.3, -0.25) is 9.59 Å². The van der Waals surface area contributed by atoms with Crippen LogP contribution in [0.3, 0.4) is 0 Å². The average Bonchev–Trinajstić information content (AvgIpc) is 2.74. The number of ether oxygens (including phenoxy) is 1. The Labute approximate surface area is 169 Å². The van der Waals surface area contributed by atoms with Crippen LogP contribution in [0.1, 0.15) is 23.2 Å². The third kappa shape index (κ3) is 5.97. The molecule has 0 aliphatic carbocycles. The fourth-order valence-corrected chi connectivity index (χ4v) is 2.92. The van der Waals surface area contributed by atoms with Crippen LogP contribution < -0.4 is 15.4 Å². The third-order valence-electron chi connectivity index (χ3n) is 4.42. The highest BCUT2D eigenvalue weighted by Gasteiger charge is 2.06. The lowest BCUT2D eigenvalue weighted by Crippen LogP contribution is -2.34. The lowest BCUT2D eigenvalue weighted by atomic mass is 10.1. The van der Waals surface area contributed by atoms with Crippen molar-refractivity contribution in [2.45, 2.75) is 12.8 Å². The van der Waals surface area contributed by atoms with E-state index in [-0.39, 0.29) is 17.6 Å². The summed E-state index contributed by atoms with van der Waals surface area (Å²) in [7, 11) is 0. The predicted octanol–water partition coefficient (Wildman–Crippen LogP) is 3.25. The van der Waals surface area contributed by atoms with Crippen LogP contribution in [0.15, 0.2) is 66.7 Å². The number of carbonyl (C=O) groups is 2. The van der Waals surface area contributed by atoms with E-state index < -0.39 is 0 Å². The molecular weight excluding hydrogens is 368 g/mol. The molecule has 150 valence electrons. The fourth-order valence-electron chi connectivity index (χ4n) is 2.92. The largest absolute Gasteiger partial charge is 0.508 e. The van der Waals surface area contributed by atoms with Crippen molar-refractivity contribution in [2.24, 2.45) is 0 Å². The summed E-state index contributed by atoms with van der Waals surface area (Å²) in [5, 5.41) is 16.9.